The molecule has 0 saturated carbocycles. The van der Waals surface area contributed by atoms with Gasteiger partial charge in [0.1, 0.15) is 6.61 Å². The lowest BCUT2D eigenvalue weighted by Crippen LogP contribution is -2.50. The highest BCUT2D eigenvalue weighted by Crippen LogP contribution is 2.14. The van der Waals surface area contributed by atoms with Crippen LogP contribution in [0.25, 0.3) is 0 Å². The predicted molar refractivity (Wildman–Crippen MR) is 252 cm³/mol. The van der Waals surface area contributed by atoms with Crippen LogP contribution >= 0.6 is 0 Å². The van der Waals surface area contributed by atoms with Crippen LogP contribution in [0.2, 0.25) is 0 Å². The Morgan fingerprint density at radius 3 is 1.45 bits per heavy atom. The van der Waals surface area contributed by atoms with Crippen molar-refractivity contribution < 1.29 is 38.2 Å². The summed E-state index contributed by atoms with van der Waals surface area (Å²) in [6.07, 6.45) is 53.9. The molecule has 0 bridgehead atoms. The summed E-state index contributed by atoms with van der Waals surface area (Å²) < 4.78 is 17.2. The zero-order chi connectivity index (χ0) is 44.2. The number of nitrogens with zero attached hydrogens (tertiary/aromatic N) is 1. The highest BCUT2D eigenvalue weighted by atomic mass is 16.6. The van der Waals surface area contributed by atoms with E-state index in [0.29, 0.717) is 19.3 Å². The minimum absolute atomic E-state index is 0.0334. The van der Waals surface area contributed by atoms with Crippen molar-refractivity contribution in [2.45, 2.75) is 199 Å². The maximum Gasteiger partial charge on any atom is 0.362 e. The second-order valence-corrected chi connectivity index (χ2v) is 17.0. The van der Waals surface area contributed by atoms with E-state index in [1.54, 1.807) is 0 Å². The molecule has 0 aromatic rings. The molecule has 2 atom stereocenters. The number of hydrogen-bond donors (Lipinski definition) is 1. The monoisotopic (exact) mass is 841 g/mol. The lowest BCUT2D eigenvalue weighted by atomic mass is 10.1. The predicted octanol–water partition coefficient (Wildman–Crippen LogP) is 13.5. The number of ether oxygens (including phenoxy) is 3. The summed E-state index contributed by atoms with van der Waals surface area (Å²) in [5.74, 6) is -1.58. The Morgan fingerprint density at radius 2 is 0.967 bits per heavy atom. The normalized spacial score (nSPS) is 13.6. The molecule has 0 heterocycles. The Labute approximate surface area is 368 Å². The molecule has 2 unspecified atom stereocenters. The molecule has 0 fully saturated rings. The minimum atomic E-state index is -0.887. The van der Waals surface area contributed by atoms with E-state index < -0.39 is 18.1 Å². The van der Waals surface area contributed by atoms with Crippen molar-refractivity contribution in [2.75, 3.05) is 41.0 Å². The Morgan fingerprint density at radius 1 is 0.517 bits per heavy atom. The number of esters is 2. The number of likely N-dealkylation sites (N-methyl/N-ethyl adjacent to an activating group) is 1. The van der Waals surface area contributed by atoms with Crippen LogP contribution in [-0.2, 0) is 28.6 Å². The van der Waals surface area contributed by atoms with Crippen molar-refractivity contribution in [3.05, 3.63) is 72.9 Å². The largest absolute Gasteiger partial charge is 0.477 e. The van der Waals surface area contributed by atoms with Gasteiger partial charge in [-0.1, -0.05) is 170 Å². The van der Waals surface area contributed by atoms with Crippen LogP contribution in [0.5, 0.6) is 0 Å². The Hall–Kier alpha value is -3.23. The van der Waals surface area contributed by atoms with Crippen LogP contribution in [0.4, 0.5) is 0 Å². The van der Waals surface area contributed by atoms with Gasteiger partial charge in [0.15, 0.2) is 12.1 Å². The number of carboxylic acids is 1. The van der Waals surface area contributed by atoms with Crippen molar-refractivity contribution in [3.8, 4) is 0 Å². The molecule has 0 aromatic heterocycles. The van der Waals surface area contributed by atoms with Gasteiger partial charge in [-0.25, -0.2) is 4.79 Å². The van der Waals surface area contributed by atoms with E-state index in [2.05, 4.69) is 74.6 Å². The van der Waals surface area contributed by atoms with E-state index in [4.69, 9.17) is 14.2 Å². The van der Waals surface area contributed by atoms with Crippen molar-refractivity contribution >= 4 is 17.9 Å². The van der Waals surface area contributed by atoms with Crippen LogP contribution in [0.1, 0.15) is 187 Å². The van der Waals surface area contributed by atoms with Crippen molar-refractivity contribution in [1.29, 1.82) is 0 Å². The molecule has 8 nitrogen and oxygen atoms in total. The standard InChI is InChI=1S/C52H89NO7/c1-6-8-10-12-14-16-18-20-22-24-25-26-27-29-31-33-35-37-39-41-43-51(55)60-48(46-58-45-44-49(52(56)57)53(3,4)5)47-59-50(54)42-40-38-36-34-32-30-28-23-21-19-17-15-13-11-9-7-2/h9,11,15,17,21,23,25-26,30,32,36,38,48-49H,6-8,10,12-14,16,18-20,22,24,27-29,31,33-35,37,39-47H2,1-5H3/p+1/b11-9+,17-15+,23-21+,26-25+,32-30+,38-36+. The third kappa shape index (κ3) is 40.2. The zero-order valence-electron chi connectivity index (χ0n) is 39.1. The maximum atomic E-state index is 12.8. The quantitative estimate of drug-likeness (QED) is 0.0283. The summed E-state index contributed by atoms with van der Waals surface area (Å²) in [5.41, 5.74) is 0. The van der Waals surface area contributed by atoms with E-state index >= 15 is 0 Å². The third-order valence-electron chi connectivity index (χ3n) is 10.4. The van der Waals surface area contributed by atoms with Crippen LogP contribution < -0.4 is 0 Å². The van der Waals surface area contributed by atoms with Gasteiger partial charge in [0, 0.05) is 19.3 Å². The summed E-state index contributed by atoms with van der Waals surface area (Å²) in [6, 6.07) is -0.629. The number of carboxylic acid groups (broad SMARTS) is 1. The van der Waals surface area contributed by atoms with Gasteiger partial charge >= 0.3 is 17.9 Å². The first-order chi connectivity index (χ1) is 29.1. The number of hydrogen-bond acceptors (Lipinski definition) is 6. The number of rotatable bonds is 42. The first kappa shape index (κ1) is 56.8. The molecule has 0 aromatic carbocycles. The second-order valence-electron chi connectivity index (χ2n) is 17.0. The molecule has 1 N–H and O–H groups in total. The molecule has 0 aliphatic heterocycles. The minimum Gasteiger partial charge on any atom is -0.477 e. The van der Waals surface area contributed by atoms with E-state index in [1.807, 2.05) is 33.3 Å². The average molecular weight is 841 g/mol. The first-order valence-electron chi connectivity index (χ1n) is 24.0. The fraction of sp³-hybridized carbons (Fsp3) is 0.712. The number of carbonyl (C=O) groups excluding carboxylic acids is 2. The van der Waals surface area contributed by atoms with E-state index in [1.165, 1.54) is 96.3 Å². The highest BCUT2D eigenvalue weighted by molar-refractivity contribution is 5.72. The summed E-state index contributed by atoms with van der Waals surface area (Å²) in [5, 5.41) is 9.63. The Kier molecular flexibility index (Phi) is 40.2. The average Bonchev–Trinajstić information content (AvgIpc) is 3.21. The summed E-state index contributed by atoms with van der Waals surface area (Å²) in [7, 11) is 5.50. The molecule has 0 amide bonds. The molecule has 60 heavy (non-hydrogen) atoms. The maximum absolute atomic E-state index is 12.8. The molecule has 0 rings (SSSR count). The van der Waals surface area contributed by atoms with Gasteiger partial charge in [-0.3, -0.25) is 9.59 Å². The fourth-order valence-electron chi connectivity index (χ4n) is 6.66. The van der Waals surface area contributed by atoms with E-state index in [9.17, 15) is 19.5 Å². The smallest absolute Gasteiger partial charge is 0.362 e. The molecule has 0 spiro atoms. The summed E-state index contributed by atoms with van der Waals surface area (Å²) >= 11 is 0. The van der Waals surface area contributed by atoms with Crippen LogP contribution in [-0.4, -0.2) is 80.6 Å². The van der Waals surface area contributed by atoms with Crippen LogP contribution in [0.15, 0.2) is 72.9 Å². The van der Waals surface area contributed by atoms with Crippen LogP contribution in [0, 0.1) is 0 Å². The molecule has 344 valence electrons. The Bertz CT molecular complexity index is 1210. The number of unbranched alkanes of at least 4 members (excludes halogenated alkanes) is 16. The van der Waals surface area contributed by atoms with E-state index in [0.717, 1.165) is 51.4 Å². The molecular weight excluding hydrogens is 751 g/mol. The summed E-state index contributed by atoms with van der Waals surface area (Å²) in [6.45, 7) is 4.54. The van der Waals surface area contributed by atoms with Crippen molar-refractivity contribution in [3.63, 3.8) is 0 Å². The van der Waals surface area contributed by atoms with E-state index in [-0.39, 0.29) is 42.7 Å². The molecule has 0 aliphatic rings. The van der Waals surface area contributed by atoms with Gasteiger partial charge in [0.25, 0.3) is 0 Å². The van der Waals surface area contributed by atoms with Gasteiger partial charge < -0.3 is 23.8 Å². The molecule has 0 radical (unpaired) electrons. The van der Waals surface area contributed by atoms with Gasteiger partial charge in [-0.15, -0.1) is 0 Å². The van der Waals surface area contributed by atoms with Gasteiger partial charge in [0.2, 0.25) is 0 Å². The summed E-state index contributed by atoms with van der Waals surface area (Å²) in [4.78, 5) is 37.0. The van der Waals surface area contributed by atoms with Crippen molar-refractivity contribution in [1.82, 2.24) is 0 Å². The van der Waals surface area contributed by atoms with Crippen LogP contribution in [0.3, 0.4) is 0 Å². The molecular formula is C52H90NO7+. The SMILES string of the molecule is CC/C=C/C/C=C/C/C=C/C/C=C/C/C=C/CCC(=O)OCC(COCCC(C(=O)O)[N+](C)(C)C)OC(=O)CCCCCCCCC/C=C/CCCCCCCCCCC. The van der Waals surface area contributed by atoms with Gasteiger partial charge in [-0.05, 0) is 70.6 Å². The second kappa shape index (κ2) is 42.5. The topological polar surface area (TPSA) is 99.1 Å². The van der Waals surface area contributed by atoms with Crippen molar-refractivity contribution in [2.24, 2.45) is 0 Å². The fourth-order valence-corrected chi connectivity index (χ4v) is 6.66. The van der Waals surface area contributed by atoms with Gasteiger partial charge in [0.05, 0.1) is 34.4 Å². The number of carbonyl (C=O) groups is 3. The molecule has 0 saturated heterocycles. The highest BCUT2D eigenvalue weighted by Gasteiger charge is 2.31. The third-order valence-corrected chi connectivity index (χ3v) is 10.4. The number of quaternary nitrogens is 1. The molecule has 8 heteroatoms. The lowest BCUT2D eigenvalue weighted by molar-refractivity contribution is -0.887. The first-order valence-corrected chi connectivity index (χ1v) is 24.0. The lowest BCUT2D eigenvalue weighted by Gasteiger charge is -2.31. The number of allylic oxidation sites excluding steroid dienone is 12. The van der Waals surface area contributed by atoms with Gasteiger partial charge in [-0.2, -0.15) is 0 Å². The molecule has 0 aliphatic carbocycles. The Balaban J connectivity index is 4.39. The number of aliphatic carboxylic acids is 1. The zero-order valence-corrected chi connectivity index (χ0v) is 39.1.